The Hall–Kier alpha value is -0.900. The Morgan fingerprint density at radius 1 is 1.56 bits per heavy atom. The molecular formula is C12H20FN3. The molecule has 2 N–H and O–H groups in total. The zero-order valence-electron chi connectivity index (χ0n) is 9.82. The second kappa shape index (κ2) is 4.53. The molecule has 1 aromatic rings. The van der Waals surface area contributed by atoms with Gasteiger partial charge in [0, 0.05) is 31.9 Å². The normalized spacial score (nSPS) is 30.6. The van der Waals surface area contributed by atoms with Gasteiger partial charge in [-0.1, -0.05) is 0 Å². The third kappa shape index (κ3) is 2.61. The third-order valence-corrected chi connectivity index (χ3v) is 3.64. The molecule has 90 valence electrons. The number of hydrogen-bond donors (Lipinski definition) is 1. The summed E-state index contributed by atoms with van der Waals surface area (Å²) in [5.41, 5.74) is 4.78. The van der Waals surface area contributed by atoms with Gasteiger partial charge in [0.05, 0.1) is 0 Å². The Bertz CT molecular complexity index is 340. The Labute approximate surface area is 95.9 Å². The number of nitrogens with zero attached hydrogens (tertiary/aromatic N) is 2. The molecule has 0 bridgehead atoms. The molecular weight excluding hydrogens is 205 g/mol. The summed E-state index contributed by atoms with van der Waals surface area (Å²) in [6, 6.07) is 0.206. The predicted octanol–water partition coefficient (Wildman–Crippen LogP) is 1.96. The number of alkyl halides is 1. The van der Waals surface area contributed by atoms with Crippen LogP contribution in [0.2, 0.25) is 0 Å². The van der Waals surface area contributed by atoms with Gasteiger partial charge in [0.1, 0.15) is 11.5 Å². The maximum Gasteiger partial charge on any atom is 0.111 e. The molecule has 1 aliphatic carbocycles. The van der Waals surface area contributed by atoms with Crippen LogP contribution in [-0.4, -0.2) is 21.3 Å². The van der Waals surface area contributed by atoms with E-state index >= 15 is 0 Å². The summed E-state index contributed by atoms with van der Waals surface area (Å²) in [5.74, 6) is 0.965. The van der Waals surface area contributed by atoms with Crippen molar-refractivity contribution in [2.75, 3.05) is 0 Å². The van der Waals surface area contributed by atoms with Gasteiger partial charge in [-0.15, -0.1) is 0 Å². The van der Waals surface area contributed by atoms with Crippen LogP contribution in [-0.2, 0) is 13.5 Å². The van der Waals surface area contributed by atoms with Crippen LogP contribution >= 0.6 is 0 Å². The first-order chi connectivity index (χ1) is 7.59. The summed E-state index contributed by atoms with van der Waals surface area (Å²) in [7, 11) is 1.95. The third-order valence-electron chi connectivity index (χ3n) is 3.64. The Morgan fingerprint density at radius 3 is 2.81 bits per heavy atom. The summed E-state index contributed by atoms with van der Waals surface area (Å²) in [4.78, 5) is 4.22. The van der Waals surface area contributed by atoms with Crippen LogP contribution < -0.4 is 5.73 Å². The fraction of sp³-hybridized carbons (Fsp3) is 0.750. The largest absolute Gasteiger partial charge is 0.338 e. The SMILES string of the molecule is Cn1ccnc1CCC1(F)CCC(N)CC1. The Morgan fingerprint density at radius 2 is 2.25 bits per heavy atom. The Balaban J connectivity index is 1.88. The molecule has 0 unspecified atom stereocenters. The standard InChI is InChI=1S/C12H20FN3/c1-16-9-8-15-11(16)4-7-12(13)5-2-10(14)3-6-12/h8-10H,2-7,14H2,1H3. The van der Waals surface area contributed by atoms with E-state index < -0.39 is 5.67 Å². The van der Waals surface area contributed by atoms with Gasteiger partial charge in [0.2, 0.25) is 0 Å². The van der Waals surface area contributed by atoms with Gasteiger partial charge in [0.15, 0.2) is 0 Å². The fourth-order valence-corrected chi connectivity index (χ4v) is 2.38. The van der Waals surface area contributed by atoms with Gasteiger partial charge in [-0.25, -0.2) is 9.37 Å². The maximum atomic E-state index is 14.4. The van der Waals surface area contributed by atoms with E-state index in [2.05, 4.69) is 4.98 Å². The van der Waals surface area contributed by atoms with E-state index in [1.54, 1.807) is 6.20 Å². The fourth-order valence-electron chi connectivity index (χ4n) is 2.38. The van der Waals surface area contributed by atoms with Gasteiger partial charge in [-0.05, 0) is 32.1 Å². The number of imidazole rings is 1. The van der Waals surface area contributed by atoms with Crippen molar-refractivity contribution >= 4 is 0 Å². The summed E-state index contributed by atoms with van der Waals surface area (Å²) in [6.45, 7) is 0. The first kappa shape index (κ1) is 11.6. The first-order valence-corrected chi connectivity index (χ1v) is 6.00. The molecule has 0 aromatic carbocycles. The molecule has 1 aliphatic rings. The van der Waals surface area contributed by atoms with E-state index in [1.807, 2.05) is 17.8 Å². The molecule has 1 fully saturated rings. The van der Waals surface area contributed by atoms with Crippen molar-refractivity contribution in [2.24, 2.45) is 12.8 Å². The average Bonchev–Trinajstić information content (AvgIpc) is 2.67. The lowest BCUT2D eigenvalue weighted by molar-refractivity contribution is 0.0886. The molecule has 16 heavy (non-hydrogen) atoms. The molecule has 1 aromatic heterocycles. The van der Waals surface area contributed by atoms with Gasteiger partial charge >= 0.3 is 0 Å². The van der Waals surface area contributed by atoms with E-state index in [9.17, 15) is 4.39 Å². The molecule has 4 heteroatoms. The molecule has 0 spiro atoms. The van der Waals surface area contributed by atoms with Crippen molar-refractivity contribution in [3.05, 3.63) is 18.2 Å². The van der Waals surface area contributed by atoms with Gasteiger partial charge in [0.25, 0.3) is 0 Å². The quantitative estimate of drug-likeness (QED) is 0.854. The number of aryl methyl sites for hydroxylation is 2. The van der Waals surface area contributed by atoms with E-state index in [4.69, 9.17) is 5.73 Å². The summed E-state index contributed by atoms with van der Waals surface area (Å²) in [6.07, 6.45) is 7.80. The van der Waals surface area contributed by atoms with Crippen molar-refractivity contribution in [3.8, 4) is 0 Å². The van der Waals surface area contributed by atoms with Gasteiger partial charge in [-0.3, -0.25) is 0 Å². The highest BCUT2D eigenvalue weighted by Crippen LogP contribution is 2.34. The molecule has 0 aliphatic heterocycles. The van der Waals surface area contributed by atoms with Crippen LogP contribution in [0, 0.1) is 0 Å². The second-order valence-electron chi connectivity index (χ2n) is 4.94. The lowest BCUT2D eigenvalue weighted by Gasteiger charge is -2.32. The molecule has 0 saturated heterocycles. The zero-order chi connectivity index (χ0) is 11.6. The summed E-state index contributed by atoms with van der Waals surface area (Å²) >= 11 is 0. The van der Waals surface area contributed by atoms with Crippen LogP contribution in [0.4, 0.5) is 4.39 Å². The van der Waals surface area contributed by atoms with Crippen molar-refractivity contribution in [1.82, 2.24) is 9.55 Å². The van der Waals surface area contributed by atoms with Gasteiger partial charge in [-0.2, -0.15) is 0 Å². The van der Waals surface area contributed by atoms with E-state index in [0.29, 0.717) is 19.3 Å². The van der Waals surface area contributed by atoms with Crippen molar-refractivity contribution in [3.63, 3.8) is 0 Å². The van der Waals surface area contributed by atoms with Gasteiger partial charge < -0.3 is 10.3 Å². The monoisotopic (exact) mass is 225 g/mol. The minimum atomic E-state index is -1.01. The van der Waals surface area contributed by atoms with E-state index in [1.165, 1.54) is 0 Å². The summed E-state index contributed by atoms with van der Waals surface area (Å²) < 4.78 is 16.3. The van der Waals surface area contributed by atoms with Crippen LogP contribution in [0.15, 0.2) is 12.4 Å². The highest BCUT2D eigenvalue weighted by Gasteiger charge is 2.33. The number of nitrogens with two attached hydrogens (primary N) is 1. The number of hydrogen-bond acceptors (Lipinski definition) is 2. The van der Waals surface area contributed by atoms with Crippen LogP contribution in [0.1, 0.15) is 37.9 Å². The molecule has 1 heterocycles. The molecule has 2 rings (SSSR count). The summed E-state index contributed by atoms with van der Waals surface area (Å²) in [5, 5.41) is 0. The molecule has 0 atom stereocenters. The van der Waals surface area contributed by atoms with Crippen molar-refractivity contribution < 1.29 is 4.39 Å². The van der Waals surface area contributed by atoms with Crippen molar-refractivity contribution in [2.45, 2.75) is 50.2 Å². The first-order valence-electron chi connectivity index (χ1n) is 6.00. The van der Waals surface area contributed by atoms with Crippen LogP contribution in [0.3, 0.4) is 0 Å². The second-order valence-corrected chi connectivity index (χ2v) is 4.94. The van der Waals surface area contributed by atoms with Crippen molar-refractivity contribution in [1.29, 1.82) is 0 Å². The molecule has 0 amide bonds. The minimum Gasteiger partial charge on any atom is -0.338 e. The lowest BCUT2D eigenvalue weighted by Crippen LogP contribution is -2.36. The zero-order valence-corrected chi connectivity index (χ0v) is 9.82. The van der Waals surface area contributed by atoms with Crippen LogP contribution in [0.25, 0.3) is 0 Å². The highest BCUT2D eigenvalue weighted by atomic mass is 19.1. The molecule has 0 radical (unpaired) electrons. The topological polar surface area (TPSA) is 43.8 Å². The number of halogens is 1. The van der Waals surface area contributed by atoms with E-state index in [-0.39, 0.29) is 6.04 Å². The highest BCUT2D eigenvalue weighted by molar-refractivity contribution is 4.95. The van der Waals surface area contributed by atoms with E-state index in [0.717, 1.165) is 25.1 Å². The predicted molar refractivity (Wildman–Crippen MR) is 61.8 cm³/mol. The molecule has 3 nitrogen and oxygen atoms in total. The number of rotatable bonds is 3. The average molecular weight is 225 g/mol. The Kier molecular flexibility index (Phi) is 3.28. The lowest BCUT2D eigenvalue weighted by atomic mass is 9.81. The maximum absolute atomic E-state index is 14.4. The van der Waals surface area contributed by atoms with Crippen LogP contribution in [0.5, 0.6) is 0 Å². The number of aromatic nitrogens is 2. The molecule has 1 saturated carbocycles. The smallest absolute Gasteiger partial charge is 0.111 e. The minimum absolute atomic E-state index is 0.206.